The second-order valence-electron chi connectivity index (χ2n) is 4.44. The Hall–Kier alpha value is -2.67. The van der Waals surface area contributed by atoms with E-state index in [1.165, 1.54) is 4.52 Å². The summed E-state index contributed by atoms with van der Waals surface area (Å²) in [6.07, 6.45) is 0. The highest BCUT2D eigenvalue weighted by molar-refractivity contribution is 5.81. The summed E-state index contributed by atoms with van der Waals surface area (Å²) in [4.78, 5) is 16.9. The van der Waals surface area contributed by atoms with Gasteiger partial charge in [0.15, 0.2) is 5.65 Å². The van der Waals surface area contributed by atoms with Crippen LogP contribution >= 0.6 is 0 Å². The lowest BCUT2D eigenvalue weighted by molar-refractivity contribution is 0.311. The molecule has 0 amide bonds. The largest absolute Gasteiger partial charge is 0.497 e. The van der Waals surface area contributed by atoms with Crippen LogP contribution in [-0.4, -0.2) is 40.0 Å². The van der Waals surface area contributed by atoms with Gasteiger partial charge < -0.3 is 15.2 Å². The van der Waals surface area contributed by atoms with Crippen molar-refractivity contribution in [3.63, 3.8) is 0 Å². The van der Waals surface area contributed by atoms with Gasteiger partial charge in [0.25, 0.3) is 5.56 Å². The summed E-state index contributed by atoms with van der Waals surface area (Å²) in [7, 11) is 1.57. The van der Waals surface area contributed by atoms with E-state index in [0.29, 0.717) is 34.7 Å². The van der Waals surface area contributed by atoms with Crippen molar-refractivity contribution < 1.29 is 9.84 Å². The zero-order valence-corrected chi connectivity index (χ0v) is 11.4. The van der Waals surface area contributed by atoms with E-state index in [1.54, 1.807) is 37.4 Å². The van der Waals surface area contributed by atoms with Crippen molar-refractivity contribution in [3.8, 4) is 5.75 Å². The molecule has 21 heavy (non-hydrogen) atoms. The number of rotatable bonds is 4. The smallest absolute Gasteiger partial charge is 0.282 e. The minimum Gasteiger partial charge on any atom is -0.497 e. The molecule has 3 rings (SSSR count). The molecule has 7 heteroatoms. The first-order valence-corrected chi connectivity index (χ1v) is 6.45. The summed E-state index contributed by atoms with van der Waals surface area (Å²) in [6, 6.07) is 8.52. The Morgan fingerprint density at radius 3 is 2.95 bits per heavy atom. The molecule has 3 aromatic rings. The van der Waals surface area contributed by atoms with Crippen LogP contribution in [0.25, 0.3) is 16.6 Å². The van der Waals surface area contributed by atoms with Gasteiger partial charge in [0.1, 0.15) is 11.6 Å². The van der Waals surface area contributed by atoms with Crippen LogP contribution < -0.4 is 15.6 Å². The molecule has 0 aliphatic carbocycles. The molecule has 2 heterocycles. The van der Waals surface area contributed by atoms with Gasteiger partial charge in [-0.3, -0.25) is 4.79 Å². The lowest BCUT2D eigenvalue weighted by Gasteiger charge is -2.07. The second kappa shape index (κ2) is 5.37. The second-order valence-corrected chi connectivity index (χ2v) is 4.44. The number of anilines is 1. The highest BCUT2D eigenvalue weighted by atomic mass is 16.5. The van der Waals surface area contributed by atoms with Gasteiger partial charge >= 0.3 is 0 Å². The Balaban J connectivity index is 2.21. The molecule has 0 spiro atoms. The van der Waals surface area contributed by atoms with Gasteiger partial charge in [0.05, 0.1) is 24.6 Å². The normalized spacial score (nSPS) is 11.0. The lowest BCUT2D eigenvalue weighted by atomic mass is 10.2. The summed E-state index contributed by atoms with van der Waals surface area (Å²) in [5, 5.41) is 16.4. The first-order valence-electron chi connectivity index (χ1n) is 6.45. The van der Waals surface area contributed by atoms with E-state index >= 15 is 0 Å². The average molecular weight is 286 g/mol. The average Bonchev–Trinajstić information content (AvgIpc) is 2.53. The predicted octanol–water partition coefficient (Wildman–Crippen LogP) is 0.655. The molecule has 2 N–H and O–H groups in total. The molecule has 108 valence electrons. The maximum atomic E-state index is 12.5. The van der Waals surface area contributed by atoms with Crippen LogP contribution in [0.3, 0.4) is 0 Å². The molecule has 1 aromatic carbocycles. The van der Waals surface area contributed by atoms with Gasteiger partial charge in [-0.15, -0.1) is 5.10 Å². The van der Waals surface area contributed by atoms with Gasteiger partial charge in [-0.05, 0) is 24.3 Å². The third-order valence-electron chi connectivity index (χ3n) is 3.10. The van der Waals surface area contributed by atoms with Crippen molar-refractivity contribution >= 4 is 22.4 Å². The summed E-state index contributed by atoms with van der Waals surface area (Å²) >= 11 is 0. The molecular weight excluding hydrogens is 272 g/mol. The Kier molecular flexibility index (Phi) is 3.41. The van der Waals surface area contributed by atoms with Gasteiger partial charge in [-0.2, -0.15) is 4.52 Å². The summed E-state index contributed by atoms with van der Waals surface area (Å²) in [5.41, 5.74) is 0.776. The van der Waals surface area contributed by atoms with E-state index in [4.69, 9.17) is 9.84 Å². The van der Waals surface area contributed by atoms with Crippen molar-refractivity contribution in [2.75, 3.05) is 25.6 Å². The Morgan fingerprint density at radius 1 is 1.33 bits per heavy atom. The van der Waals surface area contributed by atoms with E-state index in [9.17, 15) is 4.79 Å². The van der Waals surface area contributed by atoms with Crippen LogP contribution in [0.5, 0.6) is 5.75 Å². The zero-order valence-electron chi connectivity index (χ0n) is 11.4. The van der Waals surface area contributed by atoms with Crippen LogP contribution in [0.2, 0.25) is 0 Å². The van der Waals surface area contributed by atoms with Gasteiger partial charge in [-0.25, -0.2) is 4.98 Å². The van der Waals surface area contributed by atoms with E-state index in [1.807, 2.05) is 0 Å². The topological polar surface area (TPSA) is 88.8 Å². The number of hydrogen-bond donors (Lipinski definition) is 2. The highest BCUT2D eigenvalue weighted by Gasteiger charge is 2.08. The molecule has 0 fully saturated rings. The Labute approximate surface area is 119 Å². The third-order valence-corrected chi connectivity index (χ3v) is 3.10. The molecule has 0 bridgehead atoms. The molecule has 0 aliphatic rings. The first kappa shape index (κ1) is 13.3. The number of hydrogen-bond acceptors (Lipinski definition) is 6. The first-order chi connectivity index (χ1) is 10.2. The van der Waals surface area contributed by atoms with Gasteiger partial charge in [-0.1, -0.05) is 0 Å². The van der Waals surface area contributed by atoms with E-state index in [2.05, 4.69) is 15.4 Å². The van der Waals surface area contributed by atoms with Crippen molar-refractivity contribution in [2.45, 2.75) is 0 Å². The van der Waals surface area contributed by atoms with Crippen LogP contribution in [-0.2, 0) is 0 Å². The van der Waals surface area contributed by atoms with E-state index < -0.39 is 0 Å². The van der Waals surface area contributed by atoms with Crippen LogP contribution in [0, 0.1) is 0 Å². The van der Waals surface area contributed by atoms with Crippen molar-refractivity contribution in [1.82, 2.24) is 14.6 Å². The monoisotopic (exact) mass is 286 g/mol. The lowest BCUT2D eigenvalue weighted by Crippen LogP contribution is -2.19. The summed E-state index contributed by atoms with van der Waals surface area (Å²) in [6.45, 7) is 0.357. The number of methoxy groups -OCH3 is 1. The van der Waals surface area contributed by atoms with E-state index in [-0.39, 0.29) is 12.2 Å². The Morgan fingerprint density at radius 2 is 2.19 bits per heavy atom. The van der Waals surface area contributed by atoms with Crippen molar-refractivity contribution in [3.05, 3.63) is 40.7 Å². The maximum absolute atomic E-state index is 12.5. The molecule has 0 atom stereocenters. The zero-order chi connectivity index (χ0) is 14.8. The minimum atomic E-state index is -0.245. The fourth-order valence-corrected chi connectivity index (χ4v) is 2.08. The number of aliphatic hydroxyl groups excluding tert-OH is 1. The molecule has 7 nitrogen and oxygen atoms in total. The number of aromatic nitrogens is 3. The number of nitrogens with zero attached hydrogens (tertiary/aromatic N) is 3. The van der Waals surface area contributed by atoms with Crippen molar-refractivity contribution in [1.29, 1.82) is 0 Å². The molecule has 0 radical (unpaired) electrons. The standard InChI is InChI=1S/C14H14N4O3/c1-21-9-2-3-10-11(8-9)16-13-5-4-12(15-6-7-19)17-18(13)14(10)20/h2-5,8,19H,6-7H2,1H3,(H,15,17). The molecule has 0 unspecified atom stereocenters. The van der Waals surface area contributed by atoms with Crippen LogP contribution in [0.15, 0.2) is 35.1 Å². The Bertz CT molecular complexity index is 860. The summed E-state index contributed by atoms with van der Waals surface area (Å²) in [5.74, 6) is 1.15. The number of nitrogens with one attached hydrogen (secondary N) is 1. The molecular formula is C14H14N4O3. The number of fused-ring (bicyclic) bond motifs is 2. The molecule has 0 saturated carbocycles. The van der Waals surface area contributed by atoms with Gasteiger partial charge in [0, 0.05) is 12.6 Å². The van der Waals surface area contributed by atoms with Crippen LogP contribution in [0.4, 0.5) is 5.82 Å². The summed E-state index contributed by atoms with van der Waals surface area (Å²) < 4.78 is 6.38. The highest BCUT2D eigenvalue weighted by Crippen LogP contribution is 2.17. The third kappa shape index (κ3) is 2.38. The number of ether oxygens (including phenoxy) is 1. The number of benzene rings is 1. The van der Waals surface area contributed by atoms with Crippen LogP contribution in [0.1, 0.15) is 0 Å². The SMILES string of the molecule is COc1ccc2c(=O)n3nc(NCCO)ccc3nc2c1. The minimum absolute atomic E-state index is 0.00954. The fraction of sp³-hybridized carbons (Fsp3) is 0.214. The fourth-order valence-electron chi connectivity index (χ4n) is 2.08. The molecule has 2 aromatic heterocycles. The quantitative estimate of drug-likeness (QED) is 0.685. The predicted molar refractivity (Wildman–Crippen MR) is 78.9 cm³/mol. The maximum Gasteiger partial charge on any atom is 0.282 e. The van der Waals surface area contributed by atoms with E-state index in [0.717, 1.165) is 0 Å². The molecule has 0 aliphatic heterocycles. The number of aliphatic hydroxyl groups is 1. The van der Waals surface area contributed by atoms with Gasteiger partial charge in [0.2, 0.25) is 0 Å². The van der Waals surface area contributed by atoms with Crippen molar-refractivity contribution in [2.24, 2.45) is 0 Å². The molecule has 0 saturated heterocycles.